The molecule has 0 radical (unpaired) electrons. The van der Waals surface area contributed by atoms with Crippen LogP contribution in [-0.2, 0) is 0 Å². The molecule has 0 amide bonds. The Labute approximate surface area is 120 Å². The van der Waals surface area contributed by atoms with E-state index < -0.39 is 0 Å². The number of benzene rings is 1. The molecule has 0 heteroatoms. The molecule has 0 heterocycles. The van der Waals surface area contributed by atoms with Crippen molar-refractivity contribution in [3.63, 3.8) is 0 Å². The molecule has 0 aliphatic rings. The molecule has 0 aliphatic heterocycles. The Morgan fingerprint density at radius 3 is 1.68 bits per heavy atom. The molecule has 0 fully saturated rings. The van der Waals surface area contributed by atoms with E-state index in [0.717, 1.165) is 5.57 Å². The van der Waals surface area contributed by atoms with Gasteiger partial charge in [-0.05, 0) is 31.9 Å². The zero-order valence-electron chi connectivity index (χ0n) is 13.7. The summed E-state index contributed by atoms with van der Waals surface area (Å²) in [6, 6.07) is 10.4. The first-order valence-corrected chi connectivity index (χ1v) is 7.17. The number of allylic oxidation sites excluding steroid dienone is 5. The second kappa shape index (κ2) is 12.9. The van der Waals surface area contributed by atoms with Gasteiger partial charge in [-0.2, -0.15) is 0 Å². The van der Waals surface area contributed by atoms with E-state index in [1.807, 2.05) is 40.7 Å². The van der Waals surface area contributed by atoms with Gasteiger partial charge in [0, 0.05) is 0 Å². The second-order valence-electron chi connectivity index (χ2n) is 4.03. The average Bonchev–Trinajstić information content (AvgIpc) is 2.42. The van der Waals surface area contributed by atoms with Gasteiger partial charge < -0.3 is 0 Å². The quantitative estimate of drug-likeness (QED) is 0.531. The Balaban J connectivity index is 0. The van der Waals surface area contributed by atoms with Crippen LogP contribution in [0.1, 0.15) is 54.0 Å². The molecule has 0 saturated heterocycles. The summed E-state index contributed by atoms with van der Waals surface area (Å²) in [4.78, 5) is 0. The lowest BCUT2D eigenvalue weighted by molar-refractivity contribution is 1.39. The van der Waals surface area contributed by atoms with Crippen LogP contribution >= 0.6 is 0 Å². The van der Waals surface area contributed by atoms with Crippen molar-refractivity contribution in [1.82, 2.24) is 0 Å². The summed E-state index contributed by atoms with van der Waals surface area (Å²) >= 11 is 0. The maximum absolute atomic E-state index is 3.92. The minimum absolute atomic E-state index is 1.08. The molecular weight excluding hydrogens is 228 g/mol. The lowest BCUT2D eigenvalue weighted by Gasteiger charge is -2.03. The predicted molar refractivity (Wildman–Crippen MR) is 91.4 cm³/mol. The van der Waals surface area contributed by atoms with Crippen molar-refractivity contribution in [2.45, 2.75) is 48.5 Å². The number of hydrogen-bond donors (Lipinski definition) is 0. The molecule has 106 valence electrons. The minimum atomic E-state index is 1.08. The van der Waals surface area contributed by atoms with Gasteiger partial charge in [-0.3, -0.25) is 0 Å². The molecule has 0 unspecified atom stereocenters. The molecule has 0 aromatic heterocycles. The van der Waals surface area contributed by atoms with E-state index in [0.29, 0.717) is 0 Å². The third-order valence-corrected chi connectivity index (χ3v) is 1.95. The molecule has 0 bridgehead atoms. The van der Waals surface area contributed by atoms with Crippen molar-refractivity contribution in [2.24, 2.45) is 0 Å². The van der Waals surface area contributed by atoms with E-state index in [4.69, 9.17) is 0 Å². The first-order valence-electron chi connectivity index (χ1n) is 7.17. The lowest BCUT2D eigenvalue weighted by atomic mass is 10.0. The Morgan fingerprint density at radius 2 is 1.32 bits per heavy atom. The summed E-state index contributed by atoms with van der Waals surface area (Å²) in [6.45, 7) is 18.2. The standard InChI is InChI=1S/C15H18.2C2H6/c1-12(2)10-15(11-13(3)4)14-8-6-5-7-9-14;2*1-2/h5-11H,1H2,2-4H3;2*1-2H3/b15-10+;;. The van der Waals surface area contributed by atoms with E-state index in [-0.39, 0.29) is 0 Å². The molecule has 0 spiro atoms. The van der Waals surface area contributed by atoms with Crippen molar-refractivity contribution in [3.05, 3.63) is 65.8 Å². The Morgan fingerprint density at radius 1 is 0.842 bits per heavy atom. The van der Waals surface area contributed by atoms with Gasteiger partial charge >= 0.3 is 0 Å². The minimum Gasteiger partial charge on any atom is -0.0961 e. The summed E-state index contributed by atoms with van der Waals surface area (Å²) in [7, 11) is 0. The van der Waals surface area contributed by atoms with Crippen molar-refractivity contribution in [2.75, 3.05) is 0 Å². The zero-order chi connectivity index (χ0) is 15.3. The SMILES string of the molecule is C=C(C)/C=C(\C=C(C)C)c1ccccc1.CC.CC. The van der Waals surface area contributed by atoms with Crippen molar-refractivity contribution >= 4 is 5.57 Å². The first-order chi connectivity index (χ1) is 9.09. The highest BCUT2D eigenvalue weighted by atomic mass is 14.0. The molecular formula is C19H30. The smallest absolute Gasteiger partial charge is 0.0182 e. The first kappa shape index (κ1) is 19.8. The fourth-order valence-corrected chi connectivity index (χ4v) is 1.42. The maximum atomic E-state index is 3.92. The average molecular weight is 258 g/mol. The summed E-state index contributed by atoms with van der Waals surface area (Å²) < 4.78 is 0. The van der Waals surface area contributed by atoms with Crippen LogP contribution in [0.15, 0.2) is 60.2 Å². The third-order valence-electron chi connectivity index (χ3n) is 1.95. The van der Waals surface area contributed by atoms with Gasteiger partial charge in [0.15, 0.2) is 0 Å². The van der Waals surface area contributed by atoms with Crippen LogP contribution in [0.25, 0.3) is 5.57 Å². The van der Waals surface area contributed by atoms with E-state index in [9.17, 15) is 0 Å². The Kier molecular flexibility index (Phi) is 13.4. The van der Waals surface area contributed by atoms with Crippen LogP contribution in [-0.4, -0.2) is 0 Å². The summed E-state index contributed by atoms with van der Waals surface area (Å²) in [5.41, 5.74) is 4.84. The zero-order valence-corrected chi connectivity index (χ0v) is 13.7. The van der Waals surface area contributed by atoms with Gasteiger partial charge in [0.05, 0.1) is 0 Å². The molecule has 1 rings (SSSR count). The topological polar surface area (TPSA) is 0 Å². The fourth-order valence-electron chi connectivity index (χ4n) is 1.42. The van der Waals surface area contributed by atoms with E-state index >= 15 is 0 Å². The van der Waals surface area contributed by atoms with Gasteiger partial charge in [-0.15, -0.1) is 0 Å². The molecule has 0 N–H and O–H groups in total. The van der Waals surface area contributed by atoms with Crippen molar-refractivity contribution in [1.29, 1.82) is 0 Å². The third kappa shape index (κ3) is 10.1. The van der Waals surface area contributed by atoms with Gasteiger partial charge in [0.2, 0.25) is 0 Å². The second-order valence-corrected chi connectivity index (χ2v) is 4.03. The van der Waals surface area contributed by atoms with Crippen molar-refractivity contribution < 1.29 is 0 Å². The van der Waals surface area contributed by atoms with Gasteiger partial charge in [0.25, 0.3) is 0 Å². The van der Waals surface area contributed by atoms with Crippen molar-refractivity contribution in [3.8, 4) is 0 Å². The largest absolute Gasteiger partial charge is 0.0961 e. The Hall–Kier alpha value is -1.56. The molecule has 0 atom stereocenters. The fraction of sp³-hybridized carbons (Fsp3) is 0.368. The molecule has 0 saturated carbocycles. The molecule has 1 aromatic carbocycles. The summed E-state index contributed by atoms with van der Waals surface area (Å²) in [5, 5.41) is 0. The highest BCUT2D eigenvalue weighted by molar-refractivity contribution is 5.76. The summed E-state index contributed by atoms with van der Waals surface area (Å²) in [6.07, 6.45) is 4.30. The highest BCUT2D eigenvalue weighted by Crippen LogP contribution is 2.18. The highest BCUT2D eigenvalue weighted by Gasteiger charge is 1.96. The van der Waals surface area contributed by atoms with Crippen LogP contribution in [0.4, 0.5) is 0 Å². The van der Waals surface area contributed by atoms with Gasteiger partial charge in [-0.1, -0.05) is 87.9 Å². The van der Waals surface area contributed by atoms with Crippen LogP contribution < -0.4 is 0 Å². The molecule has 19 heavy (non-hydrogen) atoms. The van der Waals surface area contributed by atoms with Gasteiger partial charge in [-0.25, -0.2) is 0 Å². The van der Waals surface area contributed by atoms with E-state index in [1.54, 1.807) is 0 Å². The predicted octanol–water partition coefficient (Wildman–Crippen LogP) is 6.66. The van der Waals surface area contributed by atoms with Crippen LogP contribution in [0.5, 0.6) is 0 Å². The molecule has 0 nitrogen and oxygen atoms in total. The lowest BCUT2D eigenvalue weighted by Crippen LogP contribution is -1.82. The van der Waals surface area contributed by atoms with Gasteiger partial charge in [0.1, 0.15) is 0 Å². The van der Waals surface area contributed by atoms with Crippen LogP contribution in [0.2, 0.25) is 0 Å². The number of hydrogen-bond acceptors (Lipinski definition) is 0. The molecule has 1 aromatic rings. The molecule has 0 aliphatic carbocycles. The Bertz CT molecular complexity index is 387. The summed E-state index contributed by atoms with van der Waals surface area (Å²) in [5.74, 6) is 0. The van der Waals surface area contributed by atoms with E-state index in [1.165, 1.54) is 16.7 Å². The normalized spacial score (nSPS) is 9.32. The number of rotatable bonds is 3. The van der Waals surface area contributed by atoms with Crippen LogP contribution in [0.3, 0.4) is 0 Å². The monoisotopic (exact) mass is 258 g/mol. The van der Waals surface area contributed by atoms with Crippen LogP contribution in [0, 0.1) is 0 Å². The maximum Gasteiger partial charge on any atom is -0.0182 e. The van der Waals surface area contributed by atoms with E-state index in [2.05, 4.69) is 56.8 Å².